The predicted molar refractivity (Wildman–Crippen MR) is 140 cm³/mol. The van der Waals surface area contributed by atoms with Gasteiger partial charge in [0.15, 0.2) is 5.69 Å². The van der Waals surface area contributed by atoms with Gasteiger partial charge in [-0.15, -0.1) is 0 Å². The quantitative estimate of drug-likeness (QED) is 0.490. The number of amides is 2. The van der Waals surface area contributed by atoms with Crippen LogP contribution in [0.15, 0.2) is 33.5 Å². The molecule has 0 saturated carbocycles. The molecule has 15 heteroatoms. The van der Waals surface area contributed by atoms with Crippen molar-refractivity contribution in [1.29, 1.82) is 5.26 Å². The first-order valence-electron chi connectivity index (χ1n) is 12.7. The highest BCUT2D eigenvalue weighted by atomic mass is 32.2. The smallest absolute Gasteiger partial charge is 0.356 e. The van der Waals surface area contributed by atoms with Gasteiger partial charge in [0.25, 0.3) is 11.8 Å². The van der Waals surface area contributed by atoms with Crippen molar-refractivity contribution in [3.63, 3.8) is 0 Å². The molecule has 2 N–H and O–H groups in total. The molecule has 2 aromatic rings. The first-order chi connectivity index (χ1) is 19.1. The number of halogens is 5. The highest BCUT2D eigenvalue weighted by Crippen LogP contribution is 2.38. The molecule has 0 spiro atoms. The zero-order valence-electron chi connectivity index (χ0n) is 22.1. The van der Waals surface area contributed by atoms with Crippen molar-refractivity contribution in [3.8, 4) is 6.07 Å². The van der Waals surface area contributed by atoms with E-state index in [4.69, 9.17) is 0 Å². The van der Waals surface area contributed by atoms with E-state index in [0.29, 0.717) is 13.1 Å². The molecule has 0 aliphatic carbocycles. The maximum absolute atomic E-state index is 14.0. The summed E-state index contributed by atoms with van der Waals surface area (Å²) < 4.78 is 86.7. The number of aromatic nitrogens is 1. The third kappa shape index (κ3) is 6.65. The number of benzene rings is 1. The number of carbonyl (C=O) groups is 2. The molecule has 3 heterocycles. The van der Waals surface area contributed by atoms with E-state index in [2.05, 4.69) is 20.0 Å². The largest absolute Gasteiger partial charge is 0.434 e. The molecule has 41 heavy (non-hydrogen) atoms. The summed E-state index contributed by atoms with van der Waals surface area (Å²) in [4.78, 5) is 30.8. The number of nitriles is 1. The zero-order chi connectivity index (χ0) is 30.2. The summed E-state index contributed by atoms with van der Waals surface area (Å²) in [5, 5.41) is 15.0. The lowest BCUT2D eigenvalue weighted by Crippen LogP contribution is -2.46. The Kier molecular flexibility index (Phi) is 8.38. The van der Waals surface area contributed by atoms with E-state index in [1.165, 1.54) is 41.5 Å². The second-order valence-electron chi connectivity index (χ2n) is 10.0. The molecule has 2 aliphatic heterocycles. The molecular formula is C26H27F5N6O3S. The van der Waals surface area contributed by atoms with Crippen LogP contribution in [0.3, 0.4) is 0 Å². The molecule has 2 aliphatic rings. The van der Waals surface area contributed by atoms with Crippen molar-refractivity contribution < 1.29 is 35.8 Å². The lowest BCUT2D eigenvalue weighted by atomic mass is 10.00. The summed E-state index contributed by atoms with van der Waals surface area (Å²) in [5.41, 5.74) is -2.98. The predicted octanol–water partition coefficient (Wildman–Crippen LogP) is 4.36. The molecule has 1 unspecified atom stereocenters. The first-order valence-corrected chi connectivity index (χ1v) is 14.6. The SMILES string of the molecule is Cc1c(C#N)c(C(F)(F)F)nc(N2CCCC(F)(F)CC2)c1C(=O)Nc1cccc(S(C)(=O)=NC(=O)C2CNC2)c1. The van der Waals surface area contributed by atoms with Crippen molar-refractivity contribution in [2.75, 3.05) is 42.7 Å². The lowest BCUT2D eigenvalue weighted by Gasteiger charge is -2.27. The minimum absolute atomic E-state index is 0.0534. The van der Waals surface area contributed by atoms with Gasteiger partial charge >= 0.3 is 6.18 Å². The Morgan fingerprint density at radius 2 is 1.95 bits per heavy atom. The Labute approximate surface area is 233 Å². The van der Waals surface area contributed by atoms with E-state index >= 15 is 0 Å². The van der Waals surface area contributed by atoms with Gasteiger partial charge in [-0.05, 0) is 37.1 Å². The van der Waals surface area contributed by atoms with Gasteiger partial charge in [-0.25, -0.2) is 18.0 Å². The van der Waals surface area contributed by atoms with Crippen molar-refractivity contribution in [1.82, 2.24) is 10.3 Å². The van der Waals surface area contributed by atoms with Crippen LogP contribution < -0.4 is 15.5 Å². The number of alkyl halides is 5. The number of rotatable bonds is 5. The summed E-state index contributed by atoms with van der Waals surface area (Å²) >= 11 is 0. The number of hydrogen-bond donors (Lipinski definition) is 2. The minimum atomic E-state index is -5.04. The molecule has 2 amide bonds. The van der Waals surface area contributed by atoms with E-state index in [-0.39, 0.29) is 47.1 Å². The maximum Gasteiger partial charge on any atom is 0.434 e. The Hall–Kier alpha value is -3.64. The second-order valence-corrected chi connectivity index (χ2v) is 12.3. The van der Waals surface area contributed by atoms with Crippen molar-refractivity contribution >= 4 is 33.0 Å². The van der Waals surface area contributed by atoms with E-state index in [1.54, 1.807) is 0 Å². The van der Waals surface area contributed by atoms with Gasteiger partial charge in [-0.2, -0.15) is 22.8 Å². The van der Waals surface area contributed by atoms with E-state index in [9.17, 15) is 41.0 Å². The van der Waals surface area contributed by atoms with Gasteiger partial charge in [-0.1, -0.05) is 6.07 Å². The van der Waals surface area contributed by atoms with Crippen LogP contribution in [0.4, 0.5) is 33.5 Å². The van der Waals surface area contributed by atoms with Gasteiger partial charge < -0.3 is 15.5 Å². The van der Waals surface area contributed by atoms with Crippen LogP contribution in [0.25, 0.3) is 0 Å². The summed E-state index contributed by atoms with van der Waals surface area (Å²) in [5.74, 6) is -5.33. The number of hydrogen-bond acceptors (Lipinski definition) is 7. The molecular weight excluding hydrogens is 571 g/mol. The van der Waals surface area contributed by atoms with Crippen molar-refractivity contribution in [2.45, 2.75) is 43.2 Å². The van der Waals surface area contributed by atoms with E-state index in [1.807, 2.05) is 0 Å². The molecule has 2 fully saturated rings. The highest BCUT2D eigenvalue weighted by molar-refractivity contribution is 7.93. The molecule has 2 saturated heterocycles. The zero-order valence-corrected chi connectivity index (χ0v) is 23.0. The molecule has 220 valence electrons. The third-order valence-electron chi connectivity index (χ3n) is 6.98. The standard InChI is InChI=1S/C26H27F5N6O3S/c1-15-19(12-32)21(26(29,30)31)35-22(37-9-4-7-25(27,28)8-10-37)20(15)24(39)34-17-5-3-6-18(11-17)41(2,40)36-23(38)16-13-33-14-16/h3,5-6,11,16,33H,4,7-10,13-14H2,1-2H3,(H,34,39). The number of pyridine rings is 1. The molecule has 0 bridgehead atoms. The minimum Gasteiger partial charge on any atom is -0.356 e. The topological polar surface area (TPSA) is 128 Å². The summed E-state index contributed by atoms with van der Waals surface area (Å²) in [6.45, 7) is 1.58. The van der Waals surface area contributed by atoms with Gasteiger partial charge in [-0.3, -0.25) is 9.59 Å². The fourth-order valence-corrected chi connectivity index (χ4v) is 5.85. The molecule has 0 radical (unpaired) electrons. The average Bonchev–Trinajstić information content (AvgIpc) is 3.01. The van der Waals surface area contributed by atoms with Gasteiger partial charge in [0, 0.05) is 55.9 Å². The van der Waals surface area contributed by atoms with Crippen molar-refractivity contribution in [2.24, 2.45) is 10.3 Å². The lowest BCUT2D eigenvalue weighted by molar-refractivity contribution is -0.141. The first kappa shape index (κ1) is 30.3. The van der Waals surface area contributed by atoms with Crippen molar-refractivity contribution in [3.05, 3.63) is 46.6 Å². The Bertz CT molecular complexity index is 1540. The molecule has 1 aromatic carbocycles. The van der Waals surface area contributed by atoms with Crippen LogP contribution in [0, 0.1) is 24.2 Å². The normalized spacial score (nSPS) is 18.8. The Morgan fingerprint density at radius 1 is 1.24 bits per heavy atom. The van der Waals surface area contributed by atoms with Crippen LogP contribution in [-0.2, 0) is 20.7 Å². The van der Waals surface area contributed by atoms with Crippen LogP contribution in [0.1, 0.15) is 46.4 Å². The Morgan fingerprint density at radius 3 is 2.56 bits per heavy atom. The molecule has 9 nitrogen and oxygen atoms in total. The maximum atomic E-state index is 14.0. The number of nitrogens with one attached hydrogen (secondary N) is 2. The summed E-state index contributed by atoms with van der Waals surface area (Å²) in [6.07, 6.45) is -4.94. The monoisotopic (exact) mass is 598 g/mol. The molecule has 1 aromatic heterocycles. The fourth-order valence-electron chi connectivity index (χ4n) is 4.57. The molecule has 1 atom stereocenters. The fraction of sp³-hybridized carbons (Fsp3) is 0.462. The molecule has 4 rings (SSSR count). The van der Waals surface area contributed by atoms with E-state index in [0.717, 1.165) is 6.92 Å². The van der Waals surface area contributed by atoms with Gasteiger partial charge in [0.2, 0.25) is 5.92 Å². The second kappa shape index (κ2) is 11.3. The Balaban J connectivity index is 1.74. The van der Waals surface area contributed by atoms with E-state index < -0.39 is 63.6 Å². The summed E-state index contributed by atoms with van der Waals surface area (Å²) in [6, 6.07) is 7.12. The number of carbonyl (C=O) groups excluding carboxylic acids is 2. The van der Waals surface area contributed by atoms with Crippen LogP contribution in [0.5, 0.6) is 0 Å². The van der Waals surface area contributed by atoms with Gasteiger partial charge in [0.05, 0.1) is 26.8 Å². The summed E-state index contributed by atoms with van der Waals surface area (Å²) in [7, 11) is -3.20. The number of nitrogens with zero attached hydrogens (tertiary/aromatic N) is 4. The highest BCUT2D eigenvalue weighted by Gasteiger charge is 2.40. The van der Waals surface area contributed by atoms with Gasteiger partial charge in [0.1, 0.15) is 11.9 Å². The van der Waals surface area contributed by atoms with Crippen LogP contribution in [-0.4, -0.2) is 59.4 Å². The third-order valence-corrected chi connectivity index (χ3v) is 8.63. The average molecular weight is 599 g/mol. The number of anilines is 2. The van der Waals surface area contributed by atoms with Crippen LogP contribution in [0.2, 0.25) is 0 Å². The van der Waals surface area contributed by atoms with Crippen LogP contribution >= 0.6 is 0 Å².